The van der Waals surface area contributed by atoms with Gasteiger partial charge in [0.2, 0.25) is 0 Å². The summed E-state index contributed by atoms with van der Waals surface area (Å²) in [5.74, 6) is 1.06. The quantitative estimate of drug-likeness (QED) is 0.638. The summed E-state index contributed by atoms with van der Waals surface area (Å²) >= 11 is 5.59. The highest BCUT2D eigenvalue weighted by atomic mass is 35.5. The molecule has 0 bridgehead atoms. The predicted octanol–water partition coefficient (Wildman–Crippen LogP) is 1.91. The summed E-state index contributed by atoms with van der Waals surface area (Å²) in [5.41, 5.74) is 0. The molecule has 4 nitrogen and oxygen atoms in total. The smallest absolute Gasteiger partial charge is 0.195 e. The summed E-state index contributed by atoms with van der Waals surface area (Å²) in [7, 11) is -1.66. The molecule has 6 heteroatoms. The van der Waals surface area contributed by atoms with Crippen LogP contribution < -0.4 is 0 Å². The molecule has 0 aromatic heterocycles. The average Bonchev–Trinajstić information content (AvgIpc) is 2.24. The fourth-order valence-corrected chi connectivity index (χ4v) is 3.54. The van der Waals surface area contributed by atoms with Crippen molar-refractivity contribution >= 4 is 21.8 Å². The number of nitrogens with zero attached hydrogens (tertiary/aromatic N) is 2. The van der Waals surface area contributed by atoms with Gasteiger partial charge in [-0.05, 0) is 25.2 Å². The average molecular weight is 283 g/mol. The van der Waals surface area contributed by atoms with Crippen molar-refractivity contribution in [3.8, 4) is 0 Å². The van der Waals surface area contributed by atoms with Gasteiger partial charge in [-0.1, -0.05) is 13.3 Å². The molecule has 1 fully saturated rings. The molecule has 1 rings (SSSR count). The molecule has 0 N–H and O–H groups in total. The number of rotatable bonds is 8. The van der Waals surface area contributed by atoms with Crippen molar-refractivity contribution in [1.29, 1.82) is 0 Å². The molecule has 0 aliphatic heterocycles. The van der Waals surface area contributed by atoms with E-state index < -0.39 is 10.2 Å². The Kier molecular flexibility index (Phi) is 6.20. The maximum Gasteiger partial charge on any atom is 0.281 e. The van der Waals surface area contributed by atoms with Crippen molar-refractivity contribution in [3.63, 3.8) is 0 Å². The molecule has 0 spiro atoms. The van der Waals surface area contributed by atoms with Gasteiger partial charge in [-0.15, -0.1) is 11.6 Å². The van der Waals surface area contributed by atoms with Gasteiger partial charge in [0.1, 0.15) is 0 Å². The minimum Gasteiger partial charge on any atom is -0.195 e. The predicted molar refractivity (Wildman–Crippen MR) is 71.5 cm³/mol. The first kappa shape index (κ1) is 15.2. The third-order valence-corrected chi connectivity index (χ3v) is 5.66. The van der Waals surface area contributed by atoms with E-state index >= 15 is 0 Å². The van der Waals surface area contributed by atoms with Crippen molar-refractivity contribution < 1.29 is 8.42 Å². The molecule has 0 amide bonds. The Hall–Kier alpha value is 0.160. The molecule has 0 aromatic rings. The summed E-state index contributed by atoms with van der Waals surface area (Å²) in [6, 6.07) is 0. The van der Waals surface area contributed by atoms with E-state index in [1.165, 1.54) is 10.7 Å². The monoisotopic (exact) mass is 282 g/mol. The van der Waals surface area contributed by atoms with Gasteiger partial charge >= 0.3 is 0 Å². The zero-order valence-electron chi connectivity index (χ0n) is 10.7. The van der Waals surface area contributed by atoms with Crippen LogP contribution in [0.3, 0.4) is 0 Å². The first-order valence-electron chi connectivity index (χ1n) is 6.29. The second kappa shape index (κ2) is 6.92. The normalized spacial score (nSPS) is 17.7. The lowest BCUT2D eigenvalue weighted by Crippen LogP contribution is -2.45. The minimum absolute atomic E-state index is 0.493. The van der Waals surface area contributed by atoms with Crippen molar-refractivity contribution in [3.05, 3.63) is 0 Å². The Bertz CT molecular complexity index is 317. The van der Waals surface area contributed by atoms with Gasteiger partial charge in [-0.3, -0.25) is 0 Å². The third-order valence-electron chi connectivity index (χ3n) is 3.37. The molecule has 0 unspecified atom stereocenters. The van der Waals surface area contributed by atoms with Crippen LogP contribution in [-0.4, -0.2) is 49.6 Å². The zero-order valence-corrected chi connectivity index (χ0v) is 12.3. The van der Waals surface area contributed by atoms with Gasteiger partial charge in [-0.2, -0.15) is 17.0 Å². The van der Waals surface area contributed by atoms with Gasteiger partial charge in [0, 0.05) is 32.6 Å². The Morgan fingerprint density at radius 3 is 2.41 bits per heavy atom. The number of halogens is 1. The second-order valence-electron chi connectivity index (χ2n) is 4.62. The topological polar surface area (TPSA) is 40.6 Å². The molecule has 1 saturated carbocycles. The van der Waals surface area contributed by atoms with E-state index in [0.29, 0.717) is 37.9 Å². The maximum absolute atomic E-state index is 12.3. The molecule has 17 heavy (non-hydrogen) atoms. The lowest BCUT2D eigenvalue weighted by atomic mass is 9.85. The van der Waals surface area contributed by atoms with Crippen LogP contribution in [0.15, 0.2) is 0 Å². The Balaban J connectivity index is 2.57. The van der Waals surface area contributed by atoms with Gasteiger partial charge in [0.25, 0.3) is 10.2 Å². The van der Waals surface area contributed by atoms with Crippen LogP contribution in [0.1, 0.15) is 32.6 Å². The van der Waals surface area contributed by atoms with E-state index in [9.17, 15) is 8.42 Å². The summed E-state index contributed by atoms with van der Waals surface area (Å²) in [6.07, 6.45) is 4.26. The lowest BCUT2D eigenvalue weighted by molar-refractivity contribution is 0.241. The van der Waals surface area contributed by atoms with Crippen LogP contribution in [0.2, 0.25) is 0 Å². The summed E-state index contributed by atoms with van der Waals surface area (Å²) in [4.78, 5) is 0. The van der Waals surface area contributed by atoms with Crippen LogP contribution in [0.4, 0.5) is 0 Å². The molecule has 0 radical (unpaired) electrons. The van der Waals surface area contributed by atoms with Crippen LogP contribution in [-0.2, 0) is 10.2 Å². The number of hydrogen-bond donors (Lipinski definition) is 0. The van der Waals surface area contributed by atoms with E-state index in [-0.39, 0.29) is 0 Å². The highest BCUT2D eigenvalue weighted by Gasteiger charge is 2.29. The van der Waals surface area contributed by atoms with E-state index in [2.05, 4.69) is 0 Å². The minimum atomic E-state index is -3.29. The van der Waals surface area contributed by atoms with Gasteiger partial charge in [-0.25, -0.2) is 0 Å². The maximum atomic E-state index is 12.3. The highest BCUT2D eigenvalue weighted by molar-refractivity contribution is 7.86. The molecule has 1 aliphatic carbocycles. The third kappa shape index (κ3) is 4.09. The first-order valence-corrected chi connectivity index (χ1v) is 8.22. The van der Waals surface area contributed by atoms with Crippen molar-refractivity contribution in [2.45, 2.75) is 32.6 Å². The lowest BCUT2D eigenvalue weighted by Gasteiger charge is -2.33. The summed E-state index contributed by atoms with van der Waals surface area (Å²) in [6.45, 7) is 3.60. The van der Waals surface area contributed by atoms with Crippen LogP contribution >= 0.6 is 11.6 Å². The van der Waals surface area contributed by atoms with E-state index in [0.717, 1.165) is 12.8 Å². The Morgan fingerprint density at radius 2 is 2.00 bits per heavy atom. The van der Waals surface area contributed by atoms with Crippen LogP contribution in [0.25, 0.3) is 0 Å². The highest BCUT2D eigenvalue weighted by Crippen LogP contribution is 2.28. The number of hydrogen-bond acceptors (Lipinski definition) is 2. The van der Waals surface area contributed by atoms with E-state index in [4.69, 9.17) is 11.6 Å². The summed E-state index contributed by atoms with van der Waals surface area (Å²) in [5, 5.41) is 0. The standard InChI is InChI=1S/C11H23ClN2O2S/c1-3-14(10-11-6-4-7-11)17(15,16)13(2)9-5-8-12/h11H,3-10H2,1-2H3. The molecule has 1 aliphatic rings. The van der Waals surface area contributed by atoms with E-state index in [1.54, 1.807) is 11.4 Å². The van der Waals surface area contributed by atoms with Crippen LogP contribution in [0.5, 0.6) is 0 Å². The molecule has 0 heterocycles. The molecular weight excluding hydrogens is 260 g/mol. The fraction of sp³-hybridized carbons (Fsp3) is 1.00. The molecule has 0 atom stereocenters. The molecular formula is C11H23ClN2O2S. The van der Waals surface area contributed by atoms with E-state index in [1.807, 2.05) is 6.92 Å². The first-order chi connectivity index (χ1) is 8.02. The number of alkyl halides is 1. The fourth-order valence-electron chi connectivity index (χ4n) is 1.94. The molecule has 102 valence electrons. The van der Waals surface area contributed by atoms with Crippen LogP contribution in [0, 0.1) is 5.92 Å². The molecule has 0 aromatic carbocycles. The van der Waals surface area contributed by atoms with Crippen molar-refractivity contribution in [1.82, 2.24) is 8.61 Å². The van der Waals surface area contributed by atoms with Gasteiger partial charge in [0.15, 0.2) is 0 Å². The summed E-state index contributed by atoms with van der Waals surface area (Å²) < 4.78 is 27.5. The Morgan fingerprint density at radius 1 is 1.35 bits per heavy atom. The van der Waals surface area contributed by atoms with Crippen molar-refractivity contribution in [2.75, 3.05) is 32.6 Å². The van der Waals surface area contributed by atoms with Crippen molar-refractivity contribution in [2.24, 2.45) is 5.92 Å². The largest absolute Gasteiger partial charge is 0.281 e. The molecule has 0 saturated heterocycles. The Labute approximate surface area is 110 Å². The SMILES string of the molecule is CCN(CC1CCC1)S(=O)(=O)N(C)CCCCl. The van der Waals surface area contributed by atoms with Gasteiger partial charge in [0.05, 0.1) is 0 Å². The zero-order chi connectivity index (χ0) is 12.9. The van der Waals surface area contributed by atoms with Gasteiger partial charge < -0.3 is 0 Å². The second-order valence-corrected chi connectivity index (χ2v) is 7.03.